The maximum absolute atomic E-state index is 12.0. The van der Waals surface area contributed by atoms with Gasteiger partial charge in [-0.3, -0.25) is 9.59 Å². The highest BCUT2D eigenvalue weighted by atomic mass is 32.2. The number of nitrogens with zero attached hydrogens (tertiary/aromatic N) is 2. The van der Waals surface area contributed by atoms with E-state index in [4.69, 9.17) is 9.26 Å². The van der Waals surface area contributed by atoms with Crippen LogP contribution in [-0.4, -0.2) is 33.0 Å². The Morgan fingerprint density at radius 1 is 1.38 bits per heavy atom. The zero-order chi connectivity index (χ0) is 18.5. The summed E-state index contributed by atoms with van der Waals surface area (Å²) in [6.07, 6.45) is 0. The van der Waals surface area contributed by atoms with Crippen molar-refractivity contribution in [2.45, 2.75) is 25.7 Å². The molecular weight excluding hydrogens is 374 g/mol. The van der Waals surface area contributed by atoms with Crippen LogP contribution in [0.3, 0.4) is 0 Å². The third-order valence-corrected chi connectivity index (χ3v) is 5.52. The number of hydrogen-bond donors (Lipinski definition) is 1. The van der Waals surface area contributed by atoms with Gasteiger partial charge in [-0.1, -0.05) is 17.3 Å². The van der Waals surface area contributed by atoms with Crippen LogP contribution in [0.4, 0.5) is 5.82 Å². The number of aromatic nitrogens is 2. The molecule has 0 aliphatic carbocycles. The zero-order valence-corrected chi connectivity index (χ0v) is 15.9. The summed E-state index contributed by atoms with van der Waals surface area (Å²) in [6, 6.07) is 9.39. The summed E-state index contributed by atoms with van der Waals surface area (Å²) >= 11 is 2.69. The zero-order valence-electron chi connectivity index (χ0n) is 14.2. The van der Waals surface area contributed by atoms with E-state index >= 15 is 0 Å². The minimum absolute atomic E-state index is 0.0807. The smallest absolute Gasteiger partial charge is 0.316 e. The van der Waals surface area contributed by atoms with E-state index in [0.29, 0.717) is 11.6 Å². The number of thiazole rings is 1. The van der Waals surface area contributed by atoms with E-state index in [1.165, 1.54) is 23.1 Å². The third kappa shape index (κ3) is 4.83. The quantitative estimate of drug-likeness (QED) is 0.617. The number of anilines is 1. The van der Waals surface area contributed by atoms with Crippen LogP contribution in [0.15, 0.2) is 34.9 Å². The molecule has 1 N–H and O–H groups in total. The Balaban J connectivity index is 1.42. The van der Waals surface area contributed by atoms with E-state index in [9.17, 15) is 9.59 Å². The van der Waals surface area contributed by atoms with E-state index in [1.54, 1.807) is 19.9 Å². The van der Waals surface area contributed by atoms with Gasteiger partial charge in [0, 0.05) is 6.07 Å². The normalized spacial score (nSPS) is 12.1. The van der Waals surface area contributed by atoms with Crippen LogP contribution in [0.1, 0.15) is 17.7 Å². The second-order valence-electron chi connectivity index (χ2n) is 5.50. The lowest BCUT2D eigenvalue weighted by Gasteiger charge is -2.09. The SMILES string of the molecule is Cc1cc(NC(=O)[C@H](C)SCC(=O)OCc2nc3ccccc3s2)no1. The van der Waals surface area contributed by atoms with Gasteiger partial charge >= 0.3 is 5.97 Å². The standard InChI is InChI=1S/C17H17N3O4S2/c1-10-7-14(20-24-10)19-17(22)11(2)25-9-16(21)23-8-15-18-12-5-3-4-6-13(12)26-15/h3-7,11H,8-9H2,1-2H3,(H,19,20,22)/t11-/m0/s1. The molecule has 136 valence electrons. The van der Waals surface area contributed by atoms with E-state index in [0.717, 1.165) is 15.2 Å². The highest BCUT2D eigenvalue weighted by Crippen LogP contribution is 2.22. The molecule has 9 heteroatoms. The van der Waals surface area contributed by atoms with Gasteiger partial charge in [-0.25, -0.2) is 4.98 Å². The second kappa shape index (κ2) is 8.33. The van der Waals surface area contributed by atoms with Gasteiger partial charge in [-0.05, 0) is 26.0 Å². The number of fused-ring (bicyclic) bond motifs is 1. The van der Waals surface area contributed by atoms with Crippen LogP contribution in [0.2, 0.25) is 0 Å². The van der Waals surface area contributed by atoms with Crippen LogP contribution < -0.4 is 5.32 Å². The minimum Gasteiger partial charge on any atom is -0.458 e. The predicted octanol–water partition coefficient (Wildman–Crippen LogP) is 3.40. The van der Waals surface area contributed by atoms with Gasteiger partial charge in [0.1, 0.15) is 17.4 Å². The van der Waals surface area contributed by atoms with Crippen molar-refractivity contribution < 1.29 is 18.8 Å². The van der Waals surface area contributed by atoms with Crippen LogP contribution in [0, 0.1) is 6.92 Å². The number of hydrogen-bond acceptors (Lipinski definition) is 8. The molecule has 0 saturated carbocycles. The van der Waals surface area contributed by atoms with Crippen molar-refractivity contribution >= 4 is 51.0 Å². The minimum atomic E-state index is -0.429. The first-order chi connectivity index (χ1) is 12.5. The fourth-order valence-corrected chi connectivity index (χ4v) is 3.65. The second-order valence-corrected chi connectivity index (χ2v) is 7.95. The van der Waals surface area contributed by atoms with Crippen molar-refractivity contribution in [1.82, 2.24) is 10.1 Å². The lowest BCUT2D eigenvalue weighted by molar-refractivity contribution is -0.141. The molecule has 0 spiro atoms. The fourth-order valence-electron chi connectivity index (χ4n) is 2.09. The third-order valence-electron chi connectivity index (χ3n) is 3.39. The molecule has 0 saturated heterocycles. The number of rotatable bonds is 7. The summed E-state index contributed by atoms with van der Waals surface area (Å²) in [5.74, 6) is 0.419. The lowest BCUT2D eigenvalue weighted by atomic mass is 10.3. The van der Waals surface area contributed by atoms with Gasteiger partial charge in [0.2, 0.25) is 5.91 Å². The number of para-hydroxylation sites is 1. The monoisotopic (exact) mass is 391 g/mol. The van der Waals surface area contributed by atoms with Crippen molar-refractivity contribution in [3.8, 4) is 0 Å². The Kier molecular flexibility index (Phi) is 5.89. The van der Waals surface area contributed by atoms with Crippen molar-refractivity contribution in [3.05, 3.63) is 41.1 Å². The number of benzene rings is 1. The summed E-state index contributed by atoms with van der Waals surface area (Å²) < 4.78 is 11.2. The highest BCUT2D eigenvalue weighted by Gasteiger charge is 2.17. The predicted molar refractivity (Wildman–Crippen MR) is 101 cm³/mol. The van der Waals surface area contributed by atoms with Gasteiger partial charge in [0.15, 0.2) is 5.82 Å². The van der Waals surface area contributed by atoms with Gasteiger partial charge in [-0.2, -0.15) is 0 Å². The summed E-state index contributed by atoms with van der Waals surface area (Å²) in [5, 5.41) is 6.65. The molecule has 0 fully saturated rings. The highest BCUT2D eigenvalue weighted by molar-refractivity contribution is 8.01. The molecule has 0 aliphatic rings. The van der Waals surface area contributed by atoms with Crippen molar-refractivity contribution in [2.24, 2.45) is 0 Å². The molecule has 0 bridgehead atoms. The largest absolute Gasteiger partial charge is 0.458 e. The number of nitrogens with one attached hydrogen (secondary N) is 1. The molecule has 1 aromatic carbocycles. The number of esters is 1. The molecule has 3 aromatic rings. The van der Waals surface area contributed by atoms with Crippen molar-refractivity contribution in [1.29, 1.82) is 0 Å². The Morgan fingerprint density at radius 2 is 2.19 bits per heavy atom. The molecule has 0 aliphatic heterocycles. The van der Waals surface area contributed by atoms with E-state index < -0.39 is 5.25 Å². The van der Waals surface area contributed by atoms with Crippen LogP contribution in [0.25, 0.3) is 10.2 Å². The first-order valence-corrected chi connectivity index (χ1v) is 9.73. The number of thioether (sulfide) groups is 1. The van der Waals surface area contributed by atoms with E-state index in [-0.39, 0.29) is 24.2 Å². The Labute approximate surface area is 158 Å². The van der Waals surface area contributed by atoms with Crippen LogP contribution in [-0.2, 0) is 20.9 Å². The fraction of sp³-hybridized carbons (Fsp3) is 0.294. The molecule has 3 rings (SSSR count). The number of carbonyl (C=O) groups excluding carboxylic acids is 2. The molecule has 1 amide bonds. The van der Waals surface area contributed by atoms with E-state index in [1.807, 2.05) is 24.3 Å². The molecule has 2 aromatic heterocycles. The first kappa shape index (κ1) is 18.4. The van der Waals surface area contributed by atoms with Crippen LogP contribution >= 0.6 is 23.1 Å². The number of aryl methyl sites for hydroxylation is 1. The van der Waals surface area contributed by atoms with Gasteiger partial charge in [-0.15, -0.1) is 23.1 Å². The summed E-state index contributed by atoms with van der Waals surface area (Å²) in [5.41, 5.74) is 0.895. The number of ether oxygens (including phenoxy) is 1. The van der Waals surface area contributed by atoms with Gasteiger partial charge in [0.05, 0.1) is 21.2 Å². The summed E-state index contributed by atoms with van der Waals surface area (Å²) in [4.78, 5) is 28.3. The Morgan fingerprint density at radius 3 is 2.92 bits per heavy atom. The molecule has 0 unspecified atom stereocenters. The number of carbonyl (C=O) groups is 2. The lowest BCUT2D eigenvalue weighted by Crippen LogP contribution is -2.24. The first-order valence-electron chi connectivity index (χ1n) is 7.87. The van der Waals surface area contributed by atoms with Crippen LogP contribution in [0.5, 0.6) is 0 Å². The molecule has 7 nitrogen and oxygen atoms in total. The average molecular weight is 391 g/mol. The molecular formula is C17H17N3O4S2. The Hall–Kier alpha value is -2.39. The maximum atomic E-state index is 12.0. The molecule has 2 heterocycles. The molecule has 0 radical (unpaired) electrons. The van der Waals surface area contributed by atoms with Crippen molar-refractivity contribution in [3.63, 3.8) is 0 Å². The topological polar surface area (TPSA) is 94.3 Å². The molecule has 26 heavy (non-hydrogen) atoms. The van der Waals surface area contributed by atoms with Gasteiger partial charge in [0.25, 0.3) is 0 Å². The summed E-state index contributed by atoms with van der Waals surface area (Å²) in [6.45, 7) is 3.59. The van der Waals surface area contributed by atoms with E-state index in [2.05, 4.69) is 15.5 Å². The number of amides is 1. The van der Waals surface area contributed by atoms with Crippen molar-refractivity contribution in [2.75, 3.05) is 11.1 Å². The summed E-state index contributed by atoms with van der Waals surface area (Å²) in [7, 11) is 0. The molecule has 1 atom stereocenters. The average Bonchev–Trinajstić information content (AvgIpc) is 3.23. The van der Waals surface area contributed by atoms with Gasteiger partial charge < -0.3 is 14.6 Å². The maximum Gasteiger partial charge on any atom is 0.316 e. The Bertz CT molecular complexity index is 889.